The SMILES string of the molecule is NC(=S)c1ccc(-n2cncn2)cc1C(F)(F)F. The van der Waals surface area contributed by atoms with E-state index in [9.17, 15) is 13.2 Å². The smallest absolute Gasteiger partial charge is 0.389 e. The van der Waals surface area contributed by atoms with Gasteiger partial charge in [-0.3, -0.25) is 0 Å². The van der Waals surface area contributed by atoms with E-state index in [1.165, 1.54) is 29.5 Å². The maximum Gasteiger partial charge on any atom is 0.417 e. The third kappa shape index (κ3) is 2.33. The van der Waals surface area contributed by atoms with Crippen molar-refractivity contribution >= 4 is 17.2 Å². The first-order valence-corrected chi connectivity index (χ1v) is 5.16. The Morgan fingerprint density at radius 2 is 2.06 bits per heavy atom. The predicted molar refractivity (Wildman–Crippen MR) is 62.2 cm³/mol. The fraction of sp³-hybridized carbons (Fsp3) is 0.100. The lowest BCUT2D eigenvalue weighted by Crippen LogP contribution is -2.18. The van der Waals surface area contributed by atoms with Gasteiger partial charge in [0.2, 0.25) is 0 Å². The molecule has 1 aromatic heterocycles. The summed E-state index contributed by atoms with van der Waals surface area (Å²) in [5.41, 5.74) is 4.42. The molecule has 1 aromatic carbocycles. The van der Waals surface area contributed by atoms with Gasteiger partial charge >= 0.3 is 6.18 Å². The van der Waals surface area contributed by atoms with E-state index >= 15 is 0 Å². The van der Waals surface area contributed by atoms with Crippen LogP contribution in [0.3, 0.4) is 0 Å². The van der Waals surface area contributed by atoms with Gasteiger partial charge in [-0.05, 0) is 18.2 Å². The standard InChI is InChI=1S/C10H7F3N4S/c11-10(12,13)8-3-6(17-5-15-4-16-17)1-2-7(8)9(14)18/h1-5H,(H2,14,18). The van der Waals surface area contributed by atoms with Crippen LogP contribution in [0.4, 0.5) is 13.2 Å². The summed E-state index contributed by atoms with van der Waals surface area (Å²) in [6, 6.07) is 3.60. The van der Waals surface area contributed by atoms with E-state index in [0.717, 1.165) is 6.07 Å². The Kier molecular flexibility index (Phi) is 3.04. The molecule has 0 atom stereocenters. The van der Waals surface area contributed by atoms with E-state index in [1.54, 1.807) is 0 Å². The number of benzene rings is 1. The van der Waals surface area contributed by atoms with Crippen LogP contribution in [0.25, 0.3) is 5.69 Å². The molecule has 0 unspecified atom stereocenters. The lowest BCUT2D eigenvalue weighted by molar-refractivity contribution is -0.137. The molecule has 0 saturated carbocycles. The Bertz CT molecular complexity index is 577. The Labute approximate surface area is 105 Å². The van der Waals surface area contributed by atoms with Gasteiger partial charge in [0, 0.05) is 5.56 Å². The van der Waals surface area contributed by atoms with Crippen molar-refractivity contribution in [3.63, 3.8) is 0 Å². The minimum atomic E-state index is -4.53. The van der Waals surface area contributed by atoms with Crippen molar-refractivity contribution in [2.45, 2.75) is 6.18 Å². The number of nitrogens with two attached hydrogens (primary N) is 1. The number of halogens is 3. The van der Waals surface area contributed by atoms with Crippen LogP contribution in [0.1, 0.15) is 11.1 Å². The van der Waals surface area contributed by atoms with Crippen molar-refractivity contribution < 1.29 is 13.2 Å². The van der Waals surface area contributed by atoms with Crippen LogP contribution >= 0.6 is 12.2 Å². The van der Waals surface area contributed by atoms with Gasteiger partial charge in [0.05, 0.1) is 11.3 Å². The molecule has 2 aromatic rings. The molecular weight excluding hydrogens is 265 g/mol. The highest BCUT2D eigenvalue weighted by atomic mass is 32.1. The van der Waals surface area contributed by atoms with Gasteiger partial charge in [0.1, 0.15) is 17.6 Å². The zero-order valence-electron chi connectivity index (χ0n) is 8.85. The molecule has 8 heteroatoms. The molecule has 0 aliphatic heterocycles. The van der Waals surface area contributed by atoms with Crippen LogP contribution < -0.4 is 5.73 Å². The zero-order valence-corrected chi connectivity index (χ0v) is 9.66. The highest BCUT2D eigenvalue weighted by Crippen LogP contribution is 2.33. The molecule has 0 aliphatic rings. The van der Waals surface area contributed by atoms with Crippen molar-refractivity contribution in [1.82, 2.24) is 14.8 Å². The second-order valence-electron chi connectivity index (χ2n) is 3.43. The number of alkyl halides is 3. The average Bonchev–Trinajstić information content (AvgIpc) is 2.80. The van der Waals surface area contributed by atoms with Crippen LogP contribution in [0.15, 0.2) is 30.9 Å². The molecule has 94 valence electrons. The first-order valence-electron chi connectivity index (χ1n) is 4.75. The van der Waals surface area contributed by atoms with Gasteiger partial charge in [-0.15, -0.1) is 0 Å². The number of hydrogen-bond acceptors (Lipinski definition) is 3. The van der Waals surface area contributed by atoms with Gasteiger partial charge in [0.15, 0.2) is 0 Å². The molecule has 0 bridgehead atoms. The maximum absolute atomic E-state index is 12.9. The number of thiocarbonyl (C=S) groups is 1. The fourth-order valence-corrected chi connectivity index (χ4v) is 1.64. The largest absolute Gasteiger partial charge is 0.417 e. The molecule has 4 nitrogen and oxygen atoms in total. The number of nitrogens with zero attached hydrogens (tertiary/aromatic N) is 3. The quantitative estimate of drug-likeness (QED) is 0.849. The summed E-state index contributed by atoms with van der Waals surface area (Å²) in [5, 5.41) is 3.76. The zero-order chi connectivity index (χ0) is 13.3. The second kappa shape index (κ2) is 4.37. The Hall–Kier alpha value is -1.96. The lowest BCUT2D eigenvalue weighted by Gasteiger charge is -2.13. The number of hydrogen-bond donors (Lipinski definition) is 1. The summed E-state index contributed by atoms with van der Waals surface area (Å²) in [5.74, 6) is 0. The van der Waals surface area contributed by atoms with Crippen molar-refractivity contribution in [3.8, 4) is 5.69 Å². The van der Waals surface area contributed by atoms with Gasteiger partial charge in [0.25, 0.3) is 0 Å². The summed E-state index contributed by atoms with van der Waals surface area (Å²) in [7, 11) is 0. The minimum absolute atomic E-state index is 0.207. The highest BCUT2D eigenvalue weighted by Gasteiger charge is 2.34. The summed E-state index contributed by atoms with van der Waals surface area (Å²) >= 11 is 4.60. The average molecular weight is 272 g/mol. The van der Waals surface area contributed by atoms with Crippen LogP contribution in [0, 0.1) is 0 Å². The van der Waals surface area contributed by atoms with Crippen LogP contribution in [-0.4, -0.2) is 19.8 Å². The molecule has 0 saturated heterocycles. The first-order chi connectivity index (χ1) is 8.39. The predicted octanol–water partition coefficient (Wildman–Crippen LogP) is 1.92. The van der Waals surface area contributed by atoms with Crippen LogP contribution in [0.2, 0.25) is 0 Å². The maximum atomic E-state index is 12.9. The van der Waals surface area contributed by atoms with E-state index in [1.807, 2.05) is 0 Å². The summed E-state index contributed by atoms with van der Waals surface area (Å²) in [6.45, 7) is 0. The molecule has 0 fully saturated rings. The third-order valence-corrected chi connectivity index (χ3v) is 2.48. The highest BCUT2D eigenvalue weighted by molar-refractivity contribution is 7.80. The minimum Gasteiger partial charge on any atom is -0.389 e. The van der Waals surface area contributed by atoms with Gasteiger partial charge in [-0.25, -0.2) is 9.67 Å². The molecule has 0 amide bonds. The van der Waals surface area contributed by atoms with Crippen LogP contribution in [0.5, 0.6) is 0 Å². The topological polar surface area (TPSA) is 56.7 Å². The summed E-state index contributed by atoms with van der Waals surface area (Å²) < 4.78 is 39.8. The van der Waals surface area contributed by atoms with E-state index < -0.39 is 11.7 Å². The summed E-state index contributed by atoms with van der Waals surface area (Å²) in [4.78, 5) is 3.37. The molecule has 1 heterocycles. The van der Waals surface area contributed by atoms with E-state index in [4.69, 9.17) is 5.73 Å². The van der Waals surface area contributed by atoms with Crippen molar-refractivity contribution in [2.24, 2.45) is 5.73 Å². The van der Waals surface area contributed by atoms with E-state index in [0.29, 0.717) is 0 Å². The monoisotopic (exact) mass is 272 g/mol. The number of aromatic nitrogens is 3. The molecule has 0 radical (unpaired) electrons. The third-order valence-electron chi connectivity index (χ3n) is 2.26. The van der Waals surface area contributed by atoms with Gasteiger partial charge in [-0.1, -0.05) is 12.2 Å². The normalized spacial score (nSPS) is 11.5. The molecule has 18 heavy (non-hydrogen) atoms. The Balaban J connectivity index is 2.60. The number of rotatable bonds is 2. The molecule has 0 spiro atoms. The van der Waals surface area contributed by atoms with E-state index in [2.05, 4.69) is 22.3 Å². The molecular formula is C10H7F3N4S. The summed E-state index contributed by atoms with van der Waals surface area (Å²) in [6.07, 6.45) is -2.00. The van der Waals surface area contributed by atoms with Crippen LogP contribution in [-0.2, 0) is 6.18 Å². The Morgan fingerprint density at radius 3 is 2.56 bits per heavy atom. The van der Waals surface area contributed by atoms with Gasteiger partial charge in [-0.2, -0.15) is 18.3 Å². The second-order valence-corrected chi connectivity index (χ2v) is 3.87. The van der Waals surface area contributed by atoms with Crippen molar-refractivity contribution in [2.75, 3.05) is 0 Å². The molecule has 0 aliphatic carbocycles. The van der Waals surface area contributed by atoms with Gasteiger partial charge < -0.3 is 5.73 Å². The Morgan fingerprint density at radius 1 is 1.33 bits per heavy atom. The lowest BCUT2D eigenvalue weighted by atomic mass is 10.1. The first kappa shape index (κ1) is 12.5. The molecule has 2 rings (SSSR count). The van der Waals surface area contributed by atoms with Crippen molar-refractivity contribution in [3.05, 3.63) is 42.0 Å². The fourth-order valence-electron chi connectivity index (χ4n) is 1.47. The van der Waals surface area contributed by atoms with Crippen molar-refractivity contribution in [1.29, 1.82) is 0 Å². The molecule has 2 N–H and O–H groups in total. The van der Waals surface area contributed by atoms with E-state index in [-0.39, 0.29) is 16.2 Å².